The molecule has 16 heavy (non-hydrogen) atoms. The van der Waals surface area contributed by atoms with Crippen LogP contribution in [0.3, 0.4) is 0 Å². The highest BCUT2D eigenvalue weighted by Crippen LogP contribution is 2.30. The van der Waals surface area contributed by atoms with E-state index < -0.39 is 0 Å². The molecule has 2 heterocycles. The maximum Gasteiger partial charge on any atom is 0.0373 e. The number of benzene rings is 1. The first kappa shape index (κ1) is 10.1. The Hall–Kier alpha value is -1.06. The van der Waals surface area contributed by atoms with Gasteiger partial charge in [0.15, 0.2) is 0 Å². The third-order valence-corrected chi connectivity index (χ3v) is 3.80. The van der Waals surface area contributed by atoms with Crippen LogP contribution < -0.4 is 16.4 Å². The number of nitrogens with two attached hydrogens (primary N) is 1. The van der Waals surface area contributed by atoms with Gasteiger partial charge in [-0.1, -0.05) is 12.1 Å². The molecule has 3 heteroatoms. The third kappa shape index (κ3) is 1.70. The quantitative estimate of drug-likeness (QED) is 0.659. The smallest absolute Gasteiger partial charge is 0.0373 e. The summed E-state index contributed by atoms with van der Waals surface area (Å²) in [6.45, 7) is 3.12. The van der Waals surface area contributed by atoms with Gasteiger partial charge in [0.05, 0.1) is 0 Å². The summed E-state index contributed by atoms with van der Waals surface area (Å²) in [6, 6.07) is 7.08. The minimum absolute atomic E-state index is 0.265. The van der Waals surface area contributed by atoms with Crippen LogP contribution in [0.15, 0.2) is 18.2 Å². The summed E-state index contributed by atoms with van der Waals surface area (Å²) < 4.78 is 0. The summed E-state index contributed by atoms with van der Waals surface area (Å²) >= 11 is 0. The highest BCUT2D eigenvalue weighted by molar-refractivity contribution is 5.57. The molecular weight excluding hydrogens is 198 g/mol. The molecule has 86 valence electrons. The van der Waals surface area contributed by atoms with E-state index in [-0.39, 0.29) is 6.04 Å². The molecule has 1 fully saturated rings. The highest BCUT2D eigenvalue weighted by atomic mass is 14.9. The van der Waals surface area contributed by atoms with E-state index in [1.165, 1.54) is 16.8 Å². The Morgan fingerprint density at radius 2 is 2.19 bits per heavy atom. The van der Waals surface area contributed by atoms with Crippen LogP contribution in [0.2, 0.25) is 0 Å². The van der Waals surface area contributed by atoms with Gasteiger partial charge in [0.1, 0.15) is 0 Å². The molecule has 2 atom stereocenters. The topological polar surface area (TPSA) is 50.1 Å². The predicted molar refractivity (Wildman–Crippen MR) is 66.8 cm³/mol. The van der Waals surface area contributed by atoms with Crippen molar-refractivity contribution in [1.29, 1.82) is 0 Å². The molecule has 0 aromatic heterocycles. The first-order valence-corrected chi connectivity index (χ1v) is 6.17. The van der Waals surface area contributed by atoms with Crippen LogP contribution in [-0.4, -0.2) is 25.7 Å². The van der Waals surface area contributed by atoms with Gasteiger partial charge >= 0.3 is 0 Å². The number of rotatable bonds is 1. The van der Waals surface area contributed by atoms with Crippen molar-refractivity contribution in [3.05, 3.63) is 29.3 Å². The van der Waals surface area contributed by atoms with Gasteiger partial charge in [-0.05, 0) is 36.6 Å². The first-order valence-electron chi connectivity index (χ1n) is 6.17. The lowest BCUT2D eigenvalue weighted by Gasteiger charge is -2.30. The summed E-state index contributed by atoms with van der Waals surface area (Å²) in [5, 5.41) is 6.75. The Morgan fingerprint density at radius 1 is 1.25 bits per heavy atom. The SMILES string of the molecule is NC1CNCCC1c1ccc2c(c1)CCN2. The first-order chi connectivity index (χ1) is 7.84. The average molecular weight is 217 g/mol. The number of hydrogen-bond donors (Lipinski definition) is 3. The molecule has 0 aliphatic carbocycles. The van der Waals surface area contributed by atoms with Crippen molar-refractivity contribution in [2.45, 2.75) is 24.8 Å². The van der Waals surface area contributed by atoms with Gasteiger partial charge in [-0.3, -0.25) is 0 Å². The van der Waals surface area contributed by atoms with Crippen molar-refractivity contribution in [3.63, 3.8) is 0 Å². The van der Waals surface area contributed by atoms with Gasteiger partial charge in [-0.15, -0.1) is 0 Å². The predicted octanol–water partition coefficient (Wildman–Crippen LogP) is 1.06. The molecule has 1 aromatic carbocycles. The molecule has 0 amide bonds. The molecular formula is C13H19N3. The van der Waals surface area contributed by atoms with E-state index in [1.54, 1.807) is 0 Å². The summed E-state index contributed by atoms with van der Waals surface area (Å²) in [7, 11) is 0. The zero-order valence-corrected chi connectivity index (χ0v) is 9.50. The molecule has 2 aliphatic heterocycles. The van der Waals surface area contributed by atoms with Crippen LogP contribution in [0.5, 0.6) is 0 Å². The molecule has 3 nitrogen and oxygen atoms in total. The number of piperidine rings is 1. The van der Waals surface area contributed by atoms with Crippen molar-refractivity contribution in [1.82, 2.24) is 5.32 Å². The Balaban J connectivity index is 1.88. The van der Waals surface area contributed by atoms with Crippen LogP contribution in [-0.2, 0) is 6.42 Å². The number of nitrogens with one attached hydrogen (secondary N) is 2. The van der Waals surface area contributed by atoms with Gasteiger partial charge in [0, 0.05) is 30.7 Å². The lowest BCUT2D eigenvalue weighted by atomic mass is 9.85. The maximum absolute atomic E-state index is 6.18. The van der Waals surface area contributed by atoms with E-state index in [0.717, 1.165) is 32.5 Å². The van der Waals surface area contributed by atoms with E-state index in [2.05, 4.69) is 28.8 Å². The molecule has 0 bridgehead atoms. The normalized spacial score (nSPS) is 28.6. The highest BCUT2D eigenvalue weighted by Gasteiger charge is 2.24. The molecule has 4 N–H and O–H groups in total. The standard InChI is InChI=1S/C13H19N3/c14-12-8-15-5-4-11(12)9-1-2-13-10(7-9)3-6-16-13/h1-2,7,11-12,15-16H,3-6,8,14H2. The van der Waals surface area contributed by atoms with Crippen LogP contribution in [0.1, 0.15) is 23.5 Å². The lowest BCUT2D eigenvalue weighted by molar-refractivity contribution is 0.403. The third-order valence-electron chi connectivity index (χ3n) is 3.80. The molecule has 1 aromatic rings. The fourth-order valence-electron chi connectivity index (χ4n) is 2.85. The average Bonchev–Trinajstić information content (AvgIpc) is 2.76. The Bertz CT molecular complexity index is 389. The summed E-state index contributed by atoms with van der Waals surface area (Å²) in [5.74, 6) is 0.534. The second-order valence-electron chi connectivity index (χ2n) is 4.86. The van der Waals surface area contributed by atoms with Crippen LogP contribution in [0.25, 0.3) is 0 Å². The molecule has 0 radical (unpaired) electrons. The Kier molecular flexibility index (Phi) is 2.58. The Labute approximate surface area is 96.4 Å². The van der Waals surface area contributed by atoms with Gasteiger partial charge in [-0.2, -0.15) is 0 Å². The Morgan fingerprint density at radius 3 is 3.06 bits per heavy atom. The van der Waals surface area contributed by atoms with Crippen molar-refractivity contribution in [2.75, 3.05) is 25.0 Å². The van der Waals surface area contributed by atoms with Gasteiger partial charge in [0.2, 0.25) is 0 Å². The fraction of sp³-hybridized carbons (Fsp3) is 0.538. The van der Waals surface area contributed by atoms with E-state index in [9.17, 15) is 0 Å². The molecule has 2 aliphatic rings. The molecule has 3 rings (SSSR count). The van der Waals surface area contributed by atoms with Gasteiger partial charge in [-0.25, -0.2) is 0 Å². The summed E-state index contributed by atoms with van der Waals surface area (Å²) in [4.78, 5) is 0. The van der Waals surface area contributed by atoms with Crippen molar-refractivity contribution >= 4 is 5.69 Å². The summed E-state index contributed by atoms with van der Waals surface area (Å²) in [5.41, 5.74) is 10.4. The van der Waals surface area contributed by atoms with Crippen LogP contribution in [0, 0.1) is 0 Å². The zero-order chi connectivity index (χ0) is 11.0. The minimum Gasteiger partial charge on any atom is -0.384 e. The van der Waals surface area contributed by atoms with E-state index >= 15 is 0 Å². The van der Waals surface area contributed by atoms with Crippen molar-refractivity contribution in [2.24, 2.45) is 5.73 Å². The van der Waals surface area contributed by atoms with Gasteiger partial charge < -0.3 is 16.4 Å². The van der Waals surface area contributed by atoms with Gasteiger partial charge in [0.25, 0.3) is 0 Å². The number of fused-ring (bicyclic) bond motifs is 1. The molecule has 1 saturated heterocycles. The summed E-state index contributed by atoms with van der Waals surface area (Å²) in [6.07, 6.45) is 2.32. The van der Waals surface area contributed by atoms with E-state index in [1.807, 2.05) is 0 Å². The van der Waals surface area contributed by atoms with Crippen molar-refractivity contribution < 1.29 is 0 Å². The van der Waals surface area contributed by atoms with Crippen molar-refractivity contribution in [3.8, 4) is 0 Å². The van der Waals surface area contributed by atoms with E-state index in [0.29, 0.717) is 5.92 Å². The second-order valence-corrected chi connectivity index (χ2v) is 4.86. The molecule has 2 unspecified atom stereocenters. The van der Waals surface area contributed by atoms with Crippen LogP contribution in [0.4, 0.5) is 5.69 Å². The minimum atomic E-state index is 0.265. The lowest BCUT2D eigenvalue weighted by Crippen LogP contribution is -2.44. The fourth-order valence-corrected chi connectivity index (χ4v) is 2.85. The largest absolute Gasteiger partial charge is 0.384 e. The molecule has 0 saturated carbocycles. The zero-order valence-electron chi connectivity index (χ0n) is 9.50. The second kappa shape index (κ2) is 4.07. The molecule has 0 spiro atoms. The number of hydrogen-bond acceptors (Lipinski definition) is 3. The number of anilines is 1. The van der Waals surface area contributed by atoms with E-state index in [4.69, 9.17) is 5.73 Å². The monoisotopic (exact) mass is 217 g/mol. The maximum atomic E-state index is 6.18. The van der Waals surface area contributed by atoms with Crippen LogP contribution >= 0.6 is 0 Å².